The van der Waals surface area contributed by atoms with Gasteiger partial charge in [0.1, 0.15) is 0 Å². The highest BCUT2D eigenvalue weighted by molar-refractivity contribution is 7.92. The zero-order valence-corrected chi connectivity index (χ0v) is 35.1. The molecule has 0 N–H and O–H groups in total. The molecule has 272 valence electrons. The number of fused-ring (bicyclic) bond motifs is 5. The molecule has 10 heteroatoms. The predicted octanol–water partition coefficient (Wildman–Crippen LogP) is 9.14. The van der Waals surface area contributed by atoms with Crippen molar-refractivity contribution in [2.45, 2.75) is 134 Å². The molecule has 1 fully saturated rings. The molecule has 1 aliphatic heterocycles. The van der Waals surface area contributed by atoms with Crippen LogP contribution in [0.3, 0.4) is 0 Å². The lowest BCUT2D eigenvalue weighted by atomic mass is 9.49. The van der Waals surface area contributed by atoms with Crippen LogP contribution in [0.4, 0.5) is 5.69 Å². The van der Waals surface area contributed by atoms with Crippen molar-refractivity contribution in [1.82, 2.24) is 0 Å². The van der Waals surface area contributed by atoms with E-state index < -0.39 is 38.2 Å². The summed E-state index contributed by atoms with van der Waals surface area (Å²) in [5.74, 6) is -0.522. The van der Waals surface area contributed by atoms with Gasteiger partial charge in [0.05, 0.1) is 29.2 Å². The lowest BCUT2D eigenvalue weighted by molar-refractivity contribution is -0.203. The lowest BCUT2D eigenvalue weighted by Crippen LogP contribution is -2.67. The van der Waals surface area contributed by atoms with E-state index in [1.54, 1.807) is 16.4 Å². The Labute approximate surface area is 298 Å². The maximum Gasteiger partial charge on any atom is 0.311 e. The molecule has 0 saturated heterocycles. The number of anilines is 1. The molecule has 2 aliphatic carbocycles. The first-order valence-corrected chi connectivity index (χ1v) is 24.8. The van der Waals surface area contributed by atoms with Crippen molar-refractivity contribution in [3.8, 4) is 0 Å². The molecule has 5 rings (SSSR count). The summed E-state index contributed by atoms with van der Waals surface area (Å²) in [5, 5.41) is -0.111. The molecule has 0 amide bonds. The van der Waals surface area contributed by atoms with Gasteiger partial charge in [-0.2, -0.15) is 0 Å². The van der Waals surface area contributed by atoms with Gasteiger partial charge in [-0.15, -0.1) is 0 Å². The average Bonchev–Trinajstić information content (AvgIpc) is 3.43. The van der Waals surface area contributed by atoms with E-state index in [4.69, 9.17) is 13.6 Å². The smallest absolute Gasteiger partial charge is 0.311 e. The lowest BCUT2D eigenvalue weighted by Gasteiger charge is -2.63. The van der Waals surface area contributed by atoms with E-state index in [0.29, 0.717) is 48.3 Å². The van der Waals surface area contributed by atoms with Gasteiger partial charge in [0.2, 0.25) is 0 Å². The number of esters is 1. The Morgan fingerprint density at radius 3 is 2.10 bits per heavy atom. The third-order valence-corrected chi connectivity index (χ3v) is 25.2. The minimum absolute atomic E-state index is 0.0469. The van der Waals surface area contributed by atoms with Gasteiger partial charge in [0.15, 0.2) is 16.6 Å². The van der Waals surface area contributed by atoms with Crippen LogP contribution >= 0.6 is 0 Å². The highest BCUT2D eigenvalue weighted by atomic mass is 32.2. The molecule has 0 spiro atoms. The molecule has 7 nitrogen and oxygen atoms in total. The average molecular weight is 728 g/mol. The van der Waals surface area contributed by atoms with E-state index in [9.17, 15) is 13.2 Å². The summed E-state index contributed by atoms with van der Waals surface area (Å²) >= 11 is 0. The minimum Gasteiger partial charge on any atom is -0.469 e. The second-order valence-corrected chi connectivity index (χ2v) is 29.5. The fourth-order valence-electron chi connectivity index (χ4n) is 9.39. The Morgan fingerprint density at radius 1 is 0.980 bits per heavy atom. The first-order valence-electron chi connectivity index (χ1n) is 18.3. The van der Waals surface area contributed by atoms with E-state index in [2.05, 4.69) is 81.5 Å². The summed E-state index contributed by atoms with van der Waals surface area (Å²) in [6.45, 7) is 28.1. The van der Waals surface area contributed by atoms with Crippen molar-refractivity contribution in [2.24, 2.45) is 17.8 Å². The van der Waals surface area contributed by atoms with Crippen LogP contribution in [-0.4, -0.2) is 51.3 Å². The van der Waals surface area contributed by atoms with Crippen LogP contribution in [-0.2, 0) is 46.8 Å². The molecule has 0 radical (unpaired) electrons. The molecule has 4 atom stereocenters. The summed E-state index contributed by atoms with van der Waals surface area (Å²) in [6, 6.07) is 11.2. The third kappa shape index (κ3) is 6.09. The first-order chi connectivity index (χ1) is 22.7. The number of methoxy groups -OCH3 is 1. The van der Waals surface area contributed by atoms with Gasteiger partial charge in [-0.05, 0) is 108 Å². The van der Waals surface area contributed by atoms with Crippen molar-refractivity contribution >= 4 is 38.3 Å². The van der Waals surface area contributed by atoms with Gasteiger partial charge in [-0.25, -0.2) is 8.42 Å². The second kappa shape index (κ2) is 13.2. The predicted molar refractivity (Wildman–Crippen MR) is 204 cm³/mol. The van der Waals surface area contributed by atoms with Crippen LogP contribution in [0.1, 0.15) is 91.0 Å². The van der Waals surface area contributed by atoms with E-state index >= 15 is 0 Å². The van der Waals surface area contributed by atoms with Gasteiger partial charge in [-0.1, -0.05) is 86.1 Å². The number of nitrogens with zero attached hydrogens (tertiary/aromatic N) is 1. The van der Waals surface area contributed by atoms with Crippen LogP contribution in [0.15, 0.2) is 41.3 Å². The second-order valence-electron chi connectivity index (χ2n) is 17.4. The SMILES string of the molecule is COC(=O)C1C[C@@H]2[C@@H](CO[Si](C(C)C)(C(C)C)C(C)C)Cc3ccc4c(c3[C@]12O[Si](C)(C)C(C)(C)C)CCN4S(=O)(=O)c1ccc(C)cc1. The normalized spacial score (nSPS) is 24.2. The maximum atomic E-state index is 14.1. The van der Waals surface area contributed by atoms with Crippen LogP contribution in [0.25, 0.3) is 0 Å². The molecule has 0 aromatic heterocycles. The molecule has 49 heavy (non-hydrogen) atoms. The van der Waals surface area contributed by atoms with E-state index in [0.717, 1.165) is 28.7 Å². The van der Waals surface area contributed by atoms with E-state index in [1.807, 2.05) is 25.1 Å². The number of sulfonamides is 1. The first kappa shape index (κ1) is 38.2. The monoisotopic (exact) mass is 727 g/mol. The van der Waals surface area contributed by atoms with E-state index in [-0.39, 0.29) is 27.7 Å². The van der Waals surface area contributed by atoms with Gasteiger partial charge < -0.3 is 13.6 Å². The highest BCUT2D eigenvalue weighted by Gasteiger charge is 2.68. The Morgan fingerprint density at radius 2 is 1.57 bits per heavy atom. The van der Waals surface area contributed by atoms with E-state index in [1.165, 1.54) is 7.11 Å². The van der Waals surface area contributed by atoms with Crippen LogP contribution in [0.5, 0.6) is 0 Å². The molecule has 0 bridgehead atoms. The van der Waals surface area contributed by atoms with Crippen LogP contribution < -0.4 is 4.31 Å². The number of aryl methyl sites for hydroxylation is 1. The number of benzene rings is 2. The molecule has 1 unspecified atom stereocenters. The van der Waals surface area contributed by atoms with Crippen LogP contribution in [0, 0.1) is 24.7 Å². The molecule has 2 aromatic rings. The number of rotatable bonds is 11. The van der Waals surface area contributed by atoms with Crippen molar-refractivity contribution in [3.05, 3.63) is 58.7 Å². The molecule has 2 aromatic carbocycles. The van der Waals surface area contributed by atoms with Gasteiger partial charge in [0.25, 0.3) is 10.0 Å². The van der Waals surface area contributed by atoms with Gasteiger partial charge in [-0.3, -0.25) is 9.10 Å². The Bertz CT molecular complexity index is 1640. The number of carbonyl (C=O) groups excluding carboxylic acids is 1. The Hall–Kier alpha value is -1.99. The number of hydrogen-bond acceptors (Lipinski definition) is 6. The fourth-order valence-corrected chi connectivity index (χ4v) is 17.9. The number of ether oxygens (including phenoxy) is 1. The summed E-state index contributed by atoms with van der Waals surface area (Å²) in [6.07, 6.45) is 2.05. The van der Waals surface area contributed by atoms with Gasteiger partial charge in [0, 0.05) is 13.2 Å². The Balaban J connectivity index is 1.69. The van der Waals surface area contributed by atoms with Crippen molar-refractivity contribution in [2.75, 3.05) is 24.6 Å². The van der Waals surface area contributed by atoms with Crippen LogP contribution in [0.2, 0.25) is 34.8 Å². The van der Waals surface area contributed by atoms with Gasteiger partial charge >= 0.3 is 5.97 Å². The highest BCUT2D eigenvalue weighted by Crippen LogP contribution is 2.65. The number of carbonyl (C=O) groups is 1. The third-order valence-electron chi connectivity index (χ3n) is 12.8. The Kier molecular flexibility index (Phi) is 10.3. The van der Waals surface area contributed by atoms with Crippen molar-refractivity contribution < 1.29 is 26.8 Å². The standard InChI is InChI=1S/C39H61NO6SSi2/c1-25(2)49(26(3)4,27(5)6)45-24-30-22-29-16-19-35-32(20-21-40(35)47(42,43)31-17-14-28(7)15-18-31)36(29)39(46-48(12,13)38(8,9)10)33(30)23-34(39)37(41)44-11/h14-19,25-27,30,33-34H,20-24H2,1-13H3/t30-,33-,34?,39-/m1/s1. The quantitative estimate of drug-likeness (QED) is 0.170. The summed E-state index contributed by atoms with van der Waals surface area (Å²) in [4.78, 5) is 14.1. The fraction of sp³-hybridized carbons (Fsp3) is 0.667. The number of hydrogen-bond donors (Lipinski definition) is 0. The topological polar surface area (TPSA) is 82.1 Å². The zero-order valence-electron chi connectivity index (χ0n) is 32.3. The minimum atomic E-state index is -3.79. The summed E-state index contributed by atoms with van der Waals surface area (Å²) < 4.78 is 50.2. The molecular formula is C39H61NO6SSi2. The molecule has 3 aliphatic rings. The zero-order chi connectivity index (χ0) is 36.5. The molecule has 1 heterocycles. The largest absolute Gasteiger partial charge is 0.469 e. The maximum absolute atomic E-state index is 14.1. The van der Waals surface area contributed by atoms with Crippen molar-refractivity contribution in [1.29, 1.82) is 0 Å². The summed E-state index contributed by atoms with van der Waals surface area (Å²) in [5.41, 5.74) is 5.38. The summed E-state index contributed by atoms with van der Waals surface area (Å²) in [7, 11) is -6.96. The molecular weight excluding hydrogens is 667 g/mol. The van der Waals surface area contributed by atoms with Crippen molar-refractivity contribution in [3.63, 3.8) is 0 Å². The molecule has 1 saturated carbocycles.